The van der Waals surface area contributed by atoms with Crippen molar-refractivity contribution >= 4 is 33.3 Å². The first kappa shape index (κ1) is 14.9. The van der Waals surface area contributed by atoms with E-state index in [1.807, 2.05) is 42.6 Å². The third kappa shape index (κ3) is 2.22. The SMILES string of the molecule is N#CCCn1cc(-n2c(-c3cncs3)cc3cnc4[nH]ccc4c32)cn1. The summed E-state index contributed by atoms with van der Waals surface area (Å²) in [5.74, 6) is 0. The third-order valence-electron chi connectivity index (χ3n) is 4.36. The van der Waals surface area contributed by atoms with E-state index >= 15 is 0 Å². The first-order valence-electron chi connectivity index (χ1n) is 8.11. The first-order valence-corrected chi connectivity index (χ1v) is 8.99. The molecule has 126 valence electrons. The van der Waals surface area contributed by atoms with Gasteiger partial charge in [0.05, 0.1) is 52.5 Å². The molecule has 7 nitrogen and oxygen atoms in total. The van der Waals surface area contributed by atoms with E-state index in [9.17, 15) is 0 Å². The molecular formula is C18H13N7S. The standard InChI is InChI=1S/C18H13N7S/c19-3-1-5-24-10-13(8-23-24)25-15(16-9-20-11-26-16)6-12-7-22-18-14(17(12)25)2-4-21-18/h2,4,6-11H,1,5H2,(H,21,22). The maximum atomic E-state index is 8.81. The molecule has 0 amide bonds. The summed E-state index contributed by atoms with van der Waals surface area (Å²) >= 11 is 1.60. The van der Waals surface area contributed by atoms with Gasteiger partial charge < -0.3 is 9.55 Å². The smallest absolute Gasteiger partial charge is 0.139 e. The van der Waals surface area contributed by atoms with E-state index in [-0.39, 0.29) is 0 Å². The fraction of sp³-hybridized carbons (Fsp3) is 0.111. The molecule has 5 heterocycles. The van der Waals surface area contributed by atoms with Crippen molar-refractivity contribution in [3.05, 3.63) is 48.6 Å². The monoisotopic (exact) mass is 359 g/mol. The van der Waals surface area contributed by atoms with Crippen molar-refractivity contribution in [3.63, 3.8) is 0 Å². The van der Waals surface area contributed by atoms with Gasteiger partial charge >= 0.3 is 0 Å². The quantitative estimate of drug-likeness (QED) is 0.529. The summed E-state index contributed by atoms with van der Waals surface area (Å²) in [5, 5.41) is 15.3. The zero-order valence-corrected chi connectivity index (χ0v) is 14.4. The number of aromatic amines is 1. The number of rotatable bonds is 4. The van der Waals surface area contributed by atoms with Gasteiger partial charge in [-0.2, -0.15) is 10.4 Å². The summed E-state index contributed by atoms with van der Waals surface area (Å²) < 4.78 is 3.99. The molecule has 1 N–H and O–H groups in total. The number of pyridine rings is 1. The van der Waals surface area contributed by atoms with E-state index in [2.05, 4.69) is 36.8 Å². The average molecular weight is 359 g/mol. The Kier molecular flexibility index (Phi) is 3.33. The van der Waals surface area contributed by atoms with Crippen LogP contribution in [0.3, 0.4) is 0 Å². The maximum Gasteiger partial charge on any atom is 0.139 e. The number of nitriles is 1. The van der Waals surface area contributed by atoms with E-state index < -0.39 is 0 Å². The van der Waals surface area contributed by atoms with Crippen LogP contribution in [-0.4, -0.2) is 29.3 Å². The van der Waals surface area contributed by atoms with Crippen LogP contribution in [0.15, 0.2) is 48.6 Å². The maximum absolute atomic E-state index is 8.81. The van der Waals surface area contributed by atoms with Gasteiger partial charge in [0.2, 0.25) is 0 Å². The predicted molar refractivity (Wildman–Crippen MR) is 100 cm³/mol. The molecule has 0 aromatic carbocycles. The molecule has 0 spiro atoms. The highest BCUT2D eigenvalue weighted by atomic mass is 32.1. The van der Waals surface area contributed by atoms with Crippen LogP contribution >= 0.6 is 11.3 Å². The minimum Gasteiger partial charge on any atom is -0.346 e. The average Bonchev–Trinajstić information content (AvgIpc) is 3.44. The van der Waals surface area contributed by atoms with Gasteiger partial charge in [0, 0.05) is 35.6 Å². The van der Waals surface area contributed by atoms with E-state index in [4.69, 9.17) is 5.26 Å². The van der Waals surface area contributed by atoms with Crippen LogP contribution in [0.5, 0.6) is 0 Å². The van der Waals surface area contributed by atoms with E-state index in [1.54, 1.807) is 16.0 Å². The van der Waals surface area contributed by atoms with Gasteiger partial charge in [-0.3, -0.25) is 9.67 Å². The highest BCUT2D eigenvalue weighted by Crippen LogP contribution is 2.35. The van der Waals surface area contributed by atoms with Gasteiger partial charge in [-0.05, 0) is 12.1 Å². The molecule has 0 aliphatic rings. The molecule has 26 heavy (non-hydrogen) atoms. The van der Waals surface area contributed by atoms with Crippen LogP contribution in [0.4, 0.5) is 0 Å². The lowest BCUT2D eigenvalue weighted by Crippen LogP contribution is -1.98. The largest absolute Gasteiger partial charge is 0.346 e. The molecule has 8 heteroatoms. The summed E-state index contributed by atoms with van der Waals surface area (Å²) in [6.45, 7) is 0.576. The summed E-state index contributed by atoms with van der Waals surface area (Å²) in [6.07, 6.45) is 9.89. The summed E-state index contributed by atoms with van der Waals surface area (Å²) in [7, 11) is 0. The number of nitrogens with one attached hydrogen (secondary N) is 1. The van der Waals surface area contributed by atoms with Gasteiger partial charge in [-0.1, -0.05) is 0 Å². The minimum absolute atomic E-state index is 0.432. The van der Waals surface area contributed by atoms with Gasteiger partial charge in [-0.15, -0.1) is 11.3 Å². The molecule has 0 saturated carbocycles. The molecule has 0 aliphatic heterocycles. The van der Waals surface area contributed by atoms with Gasteiger partial charge in [0.1, 0.15) is 5.65 Å². The Hall–Kier alpha value is -3.44. The highest BCUT2D eigenvalue weighted by Gasteiger charge is 2.18. The Morgan fingerprint density at radius 1 is 1.27 bits per heavy atom. The van der Waals surface area contributed by atoms with Gasteiger partial charge in [0.15, 0.2) is 0 Å². The molecule has 0 radical (unpaired) electrons. The zero-order chi connectivity index (χ0) is 17.5. The molecular weight excluding hydrogens is 346 g/mol. The van der Waals surface area contributed by atoms with E-state index in [0.29, 0.717) is 13.0 Å². The number of nitrogens with zero attached hydrogens (tertiary/aromatic N) is 6. The molecule has 5 aromatic rings. The third-order valence-corrected chi connectivity index (χ3v) is 5.15. The van der Waals surface area contributed by atoms with Crippen molar-refractivity contribution in [1.82, 2.24) is 29.3 Å². The fourth-order valence-corrected chi connectivity index (χ4v) is 3.87. The van der Waals surface area contributed by atoms with Crippen molar-refractivity contribution in [2.75, 3.05) is 0 Å². The molecule has 0 unspecified atom stereocenters. The Morgan fingerprint density at radius 3 is 3.08 bits per heavy atom. The van der Waals surface area contributed by atoms with E-state index in [0.717, 1.165) is 38.2 Å². The lowest BCUT2D eigenvalue weighted by atomic mass is 10.2. The number of hydrogen-bond donors (Lipinski definition) is 1. The van der Waals surface area contributed by atoms with Crippen LogP contribution in [0.2, 0.25) is 0 Å². The molecule has 0 fully saturated rings. The molecule has 5 aromatic heterocycles. The Balaban J connectivity index is 1.81. The van der Waals surface area contributed by atoms with Crippen LogP contribution in [0.1, 0.15) is 6.42 Å². The number of thiazole rings is 1. The Bertz CT molecular complexity index is 1250. The number of aryl methyl sites for hydroxylation is 1. The summed E-state index contributed by atoms with van der Waals surface area (Å²) in [5.41, 5.74) is 5.77. The second-order valence-electron chi connectivity index (χ2n) is 5.90. The molecule has 0 saturated heterocycles. The van der Waals surface area contributed by atoms with Crippen LogP contribution in [0, 0.1) is 11.3 Å². The normalized spacial score (nSPS) is 11.3. The second kappa shape index (κ2) is 5.82. The Labute approximate surface area is 152 Å². The molecule has 0 aliphatic carbocycles. The first-order chi connectivity index (χ1) is 12.8. The van der Waals surface area contributed by atoms with Crippen molar-refractivity contribution in [3.8, 4) is 22.3 Å². The van der Waals surface area contributed by atoms with Crippen molar-refractivity contribution < 1.29 is 0 Å². The van der Waals surface area contributed by atoms with Crippen LogP contribution < -0.4 is 0 Å². The highest BCUT2D eigenvalue weighted by molar-refractivity contribution is 7.13. The lowest BCUT2D eigenvalue weighted by molar-refractivity contribution is 0.627. The van der Waals surface area contributed by atoms with Crippen molar-refractivity contribution in [1.29, 1.82) is 5.26 Å². The van der Waals surface area contributed by atoms with Crippen molar-refractivity contribution in [2.45, 2.75) is 13.0 Å². The van der Waals surface area contributed by atoms with Gasteiger partial charge in [-0.25, -0.2) is 4.98 Å². The Morgan fingerprint density at radius 2 is 2.23 bits per heavy atom. The van der Waals surface area contributed by atoms with Gasteiger partial charge in [0.25, 0.3) is 0 Å². The number of aromatic nitrogens is 6. The van der Waals surface area contributed by atoms with Crippen LogP contribution in [0.25, 0.3) is 38.2 Å². The number of hydrogen-bond acceptors (Lipinski definition) is 5. The molecule has 5 rings (SSSR count). The second-order valence-corrected chi connectivity index (χ2v) is 6.79. The number of H-pyrrole nitrogens is 1. The van der Waals surface area contributed by atoms with E-state index in [1.165, 1.54) is 0 Å². The molecule has 0 atom stereocenters. The summed E-state index contributed by atoms with van der Waals surface area (Å²) in [4.78, 5) is 13.0. The molecule has 0 bridgehead atoms. The predicted octanol–water partition coefficient (Wildman–Crippen LogP) is 3.74. The lowest BCUT2D eigenvalue weighted by Gasteiger charge is -2.07. The van der Waals surface area contributed by atoms with Crippen LogP contribution in [-0.2, 0) is 6.54 Å². The zero-order valence-electron chi connectivity index (χ0n) is 13.6. The summed E-state index contributed by atoms with van der Waals surface area (Å²) in [6, 6.07) is 6.33. The minimum atomic E-state index is 0.432. The number of fused-ring (bicyclic) bond motifs is 3. The fourth-order valence-electron chi connectivity index (χ4n) is 3.24. The topological polar surface area (TPSA) is 88.1 Å². The van der Waals surface area contributed by atoms with Crippen molar-refractivity contribution in [2.24, 2.45) is 0 Å².